The standard InChI is InChI=1S/C30H45O/c1-19(2)24-12-11-15-30(18-24,23(9)10)29(31)14-13-26-27(21(5)6)16-25(20(3)4)17-28(26)22(7)8/h11-12,15-23H,13-14H2,1-10H3. The number of hydrogen-bond donors (Lipinski definition) is 0. The third-order valence-electron chi connectivity index (χ3n) is 7.03. The van der Waals surface area contributed by atoms with Gasteiger partial charge in [-0.1, -0.05) is 105 Å². The molecule has 0 aromatic heterocycles. The normalized spacial score (nSPS) is 19.3. The van der Waals surface area contributed by atoms with Gasteiger partial charge in [0.25, 0.3) is 0 Å². The summed E-state index contributed by atoms with van der Waals surface area (Å²) in [4.78, 5) is 13.7. The van der Waals surface area contributed by atoms with E-state index in [0.717, 1.165) is 6.42 Å². The molecule has 0 N–H and O–H groups in total. The monoisotopic (exact) mass is 421 g/mol. The zero-order valence-electron chi connectivity index (χ0n) is 21.7. The Morgan fingerprint density at radius 1 is 0.806 bits per heavy atom. The molecule has 1 aliphatic carbocycles. The predicted octanol–water partition coefficient (Wildman–Crippen LogP) is 8.56. The Bertz CT molecular complexity index is 803. The van der Waals surface area contributed by atoms with E-state index < -0.39 is 5.41 Å². The minimum absolute atomic E-state index is 0.246. The van der Waals surface area contributed by atoms with Crippen molar-refractivity contribution < 1.29 is 4.79 Å². The molecule has 1 nitrogen and oxygen atoms in total. The molecule has 0 amide bonds. The molecule has 2 rings (SSSR count). The fraction of sp³-hybridized carbons (Fsp3) is 0.600. The van der Waals surface area contributed by atoms with E-state index in [1.54, 1.807) is 0 Å². The number of hydrogen-bond acceptors (Lipinski definition) is 1. The summed E-state index contributed by atoms with van der Waals surface area (Å²) in [6.45, 7) is 22.4. The molecule has 1 aromatic rings. The van der Waals surface area contributed by atoms with Gasteiger partial charge in [-0.05, 0) is 58.3 Å². The maximum Gasteiger partial charge on any atom is 0.144 e. The van der Waals surface area contributed by atoms with Gasteiger partial charge >= 0.3 is 0 Å². The molecule has 0 heterocycles. The van der Waals surface area contributed by atoms with E-state index in [1.165, 1.54) is 27.8 Å². The minimum atomic E-state index is -0.484. The summed E-state index contributed by atoms with van der Waals surface area (Å²) in [5, 5.41) is 0. The van der Waals surface area contributed by atoms with Crippen LogP contribution in [-0.4, -0.2) is 5.78 Å². The van der Waals surface area contributed by atoms with Crippen molar-refractivity contribution in [3.05, 3.63) is 64.6 Å². The van der Waals surface area contributed by atoms with Gasteiger partial charge in [-0.3, -0.25) is 4.79 Å². The highest BCUT2D eigenvalue weighted by Crippen LogP contribution is 2.42. The van der Waals surface area contributed by atoms with Gasteiger partial charge in [0, 0.05) is 12.8 Å². The van der Waals surface area contributed by atoms with Crippen molar-refractivity contribution in [2.75, 3.05) is 0 Å². The van der Waals surface area contributed by atoms with Crippen LogP contribution in [0.4, 0.5) is 0 Å². The third-order valence-corrected chi connectivity index (χ3v) is 7.03. The van der Waals surface area contributed by atoms with Gasteiger partial charge in [0.2, 0.25) is 0 Å². The first kappa shape index (κ1) is 25.6. The Labute approximate surface area is 192 Å². The Kier molecular flexibility index (Phi) is 8.54. The van der Waals surface area contributed by atoms with E-state index in [0.29, 0.717) is 35.9 Å². The number of Topliss-reactive ketones (excluding diaryl/α,β-unsaturated/α-hetero) is 1. The van der Waals surface area contributed by atoms with Gasteiger partial charge in [-0.2, -0.15) is 0 Å². The third kappa shape index (κ3) is 5.60. The van der Waals surface area contributed by atoms with Crippen LogP contribution in [0, 0.1) is 23.7 Å². The lowest BCUT2D eigenvalue weighted by molar-refractivity contribution is -0.126. The molecular weight excluding hydrogens is 376 g/mol. The second-order valence-corrected chi connectivity index (χ2v) is 11.0. The smallest absolute Gasteiger partial charge is 0.144 e. The summed E-state index contributed by atoms with van der Waals surface area (Å²) in [5.41, 5.74) is 6.45. The van der Waals surface area contributed by atoms with E-state index in [4.69, 9.17) is 0 Å². The molecule has 1 radical (unpaired) electrons. The molecule has 0 aliphatic heterocycles. The predicted molar refractivity (Wildman–Crippen MR) is 136 cm³/mol. The number of benzene rings is 1. The van der Waals surface area contributed by atoms with E-state index >= 15 is 0 Å². The molecule has 1 aliphatic rings. The second-order valence-electron chi connectivity index (χ2n) is 11.0. The Morgan fingerprint density at radius 3 is 1.77 bits per heavy atom. The number of carbonyl (C=O) groups is 1. The van der Waals surface area contributed by atoms with Crippen molar-refractivity contribution in [2.24, 2.45) is 17.3 Å². The highest BCUT2D eigenvalue weighted by Gasteiger charge is 2.40. The molecule has 31 heavy (non-hydrogen) atoms. The number of ketones is 1. The summed E-state index contributed by atoms with van der Waals surface area (Å²) < 4.78 is 0. The van der Waals surface area contributed by atoms with Gasteiger partial charge < -0.3 is 0 Å². The fourth-order valence-electron chi connectivity index (χ4n) is 4.75. The van der Waals surface area contributed by atoms with Crippen LogP contribution in [0.3, 0.4) is 0 Å². The molecule has 0 saturated heterocycles. The summed E-state index contributed by atoms with van der Waals surface area (Å²) in [5.74, 6) is 2.45. The summed E-state index contributed by atoms with van der Waals surface area (Å²) in [6, 6.07) is 4.79. The molecule has 0 bridgehead atoms. The van der Waals surface area contributed by atoms with Gasteiger partial charge in [0.1, 0.15) is 5.78 Å². The van der Waals surface area contributed by atoms with Crippen LogP contribution in [0.25, 0.3) is 0 Å². The highest BCUT2D eigenvalue weighted by atomic mass is 16.1. The quantitative estimate of drug-likeness (QED) is 0.390. The highest BCUT2D eigenvalue weighted by molar-refractivity contribution is 5.90. The van der Waals surface area contributed by atoms with Crippen LogP contribution in [0.1, 0.15) is 116 Å². The van der Waals surface area contributed by atoms with Crippen LogP contribution < -0.4 is 0 Å². The van der Waals surface area contributed by atoms with Gasteiger partial charge in [-0.25, -0.2) is 0 Å². The van der Waals surface area contributed by atoms with Gasteiger partial charge in [0.05, 0.1) is 5.41 Å². The zero-order chi connectivity index (χ0) is 23.5. The molecule has 0 fully saturated rings. The molecule has 1 heteroatoms. The Hall–Kier alpha value is -1.63. The minimum Gasteiger partial charge on any atom is -0.299 e. The molecule has 0 spiro atoms. The molecule has 1 atom stereocenters. The lowest BCUT2D eigenvalue weighted by Gasteiger charge is -2.37. The van der Waals surface area contributed by atoms with Gasteiger partial charge in [-0.15, -0.1) is 0 Å². The largest absolute Gasteiger partial charge is 0.299 e. The van der Waals surface area contributed by atoms with Crippen molar-refractivity contribution in [2.45, 2.75) is 99.8 Å². The first-order valence-corrected chi connectivity index (χ1v) is 12.4. The van der Waals surface area contributed by atoms with Crippen molar-refractivity contribution in [3.8, 4) is 0 Å². The summed E-state index contributed by atoms with van der Waals surface area (Å²) >= 11 is 0. The summed E-state index contributed by atoms with van der Waals surface area (Å²) in [6.07, 6.45) is 10.1. The average molecular weight is 422 g/mol. The van der Waals surface area contributed by atoms with Crippen LogP contribution >= 0.6 is 0 Å². The maximum absolute atomic E-state index is 13.7. The molecule has 1 aromatic carbocycles. The van der Waals surface area contributed by atoms with Crippen molar-refractivity contribution >= 4 is 5.78 Å². The number of rotatable bonds is 9. The van der Waals surface area contributed by atoms with Gasteiger partial charge in [0.15, 0.2) is 0 Å². The maximum atomic E-state index is 13.7. The molecule has 1 unspecified atom stereocenters. The van der Waals surface area contributed by atoms with E-state index in [-0.39, 0.29) is 5.92 Å². The average Bonchev–Trinajstić information content (AvgIpc) is 2.70. The first-order chi connectivity index (χ1) is 14.4. The van der Waals surface area contributed by atoms with Crippen LogP contribution in [0.15, 0.2) is 35.9 Å². The lowest BCUT2D eigenvalue weighted by Crippen LogP contribution is -2.37. The zero-order valence-corrected chi connectivity index (χ0v) is 21.7. The SMILES string of the molecule is CC(C)C1=CC=CC(C(=O)CCc2c(C(C)C)cc(C(C)C)cc2C(C)C)(C(C)C)[CH]1. The molecule has 171 valence electrons. The molecule has 0 saturated carbocycles. The lowest BCUT2D eigenvalue weighted by atomic mass is 9.65. The van der Waals surface area contributed by atoms with Crippen LogP contribution in [-0.2, 0) is 11.2 Å². The Balaban J connectivity index is 2.39. The summed E-state index contributed by atoms with van der Waals surface area (Å²) in [7, 11) is 0. The Morgan fingerprint density at radius 2 is 1.35 bits per heavy atom. The number of carbonyl (C=O) groups excluding carboxylic acids is 1. The van der Waals surface area contributed by atoms with E-state index in [1.807, 2.05) is 0 Å². The topological polar surface area (TPSA) is 17.1 Å². The number of allylic oxidation sites excluding steroid dienone is 4. The first-order valence-electron chi connectivity index (χ1n) is 12.4. The van der Waals surface area contributed by atoms with E-state index in [9.17, 15) is 4.79 Å². The van der Waals surface area contributed by atoms with Crippen molar-refractivity contribution in [1.29, 1.82) is 0 Å². The van der Waals surface area contributed by atoms with Crippen LogP contribution in [0.2, 0.25) is 0 Å². The fourth-order valence-corrected chi connectivity index (χ4v) is 4.75. The van der Waals surface area contributed by atoms with E-state index in [2.05, 4.69) is 106 Å². The van der Waals surface area contributed by atoms with Crippen LogP contribution in [0.5, 0.6) is 0 Å². The second kappa shape index (κ2) is 10.3. The van der Waals surface area contributed by atoms with Crippen molar-refractivity contribution in [3.63, 3.8) is 0 Å². The van der Waals surface area contributed by atoms with Crippen molar-refractivity contribution in [1.82, 2.24) is 0 Å². The molecular formula is C30H45O.